The molecule has 0 amide bonds. The van der Waals surface area contributed by atoms with Gasteiger partial charge < -0.3 is 20.6 Å². The molecule has 2 aliphatic heterocycles. The maximum absolute atomic E-state index is 5.95. The summed E-state index contributed by atoms with van der Waals surface area (Å²) >= 11 is 0. The lowest BCUT2D eigenvalue weighted by atomic mass is 9.93. The molecule has 0 saturated carbocycles. The van der Waals surface area contributed by atoms with Crippen molar-refractivity contribution in [2.45, 2.75) is 26.3 Å². The van der Waals surface area contributed by atoms with Crippen LogP contribution >= 0.6 is 0 Å². The second-order valence-electron chi connectivity index (χ2n) is 6.13. The molecule has 0 unspecified atom stereocenters. The van der Waals surface area contributed by atoms with Gasteiger partial charge in [0, 0.05) is 22.9 Å². The van der Waals surface area contributed by atoms with Crippen LogP contribution in [-0.4, -0.2) is 18.5 Å². The third-order valence-electron chi connectivity index (χ3n) is 4.32. The lowest BCUT2D eigenvalue weighted by molar-refractivity contribution is 0.174. The number of nitrogen functional groups attached to an aromatic ring is 1. The number of anilines is 1. The van der Waals surface area contributed by atoms with Gasteiger partial charge in [-0.3, -0.25) is 0 Å². The Morgan fingerprint density at radius 1 is 1.17 bits per heavy atom. The Bertz CT molecular complexity index is 814. The molecule has 0 aliphatic carbocycles. The van der Waals surface area contributed by atoms with Gasteiger partial charge in [-0.05, 0) is 55.7 Å². The second-order valence-corrected chi connectivity index (χ2v) is 6.13. The van der Waals surface area contributed by atoms with Crippen molar-refractivity contribution in [3.63, 3.8) is 0 Å². The quantitative estimate of drug-likeness (QED) is 0.795. The summed E-state index contributed by atoms with van der Waals surface area (Å²) in [5.74, 6) is 1.59. The van der Waals surface area contributed by atoms with Gasteiger partial charge in [0.25, 0.3) is 0 Å². The fourth-order valence-electron chi connectivity index (χ4n) is 3.03. The average Bonchev–Trinajstić information content (AvgIpc) is 2.91. The zero-order valence-electron chi connectivity index (χ0n) is 13.2. The highest BCUT2D eigenvalue weighted by Crippen LogP contribution is 2.37. The van der Waals surface area contributed by atoms with Gasteiger partial charge in [-0.15, -0.1) is 0 Å². The molecule has 0 fully saturated rings. The SMILES string of the molecule is Cc1cc(C2=NN[C@@H](C)Cc3cc4c(cc32)OCO4)ccc1N. The number of nitrogens with one attached hydrogen (secondary N) is 1. The van der Waals surface area contributed by atoms with E-state index in [0.29, 0.717) is 0 Å². The van der Waals surface area contributed by atoms with Gasteiger partial charge in [0.2, 0.25) is 6.79 Å². The molecular formula is C18H19N3O2. The third kappa shape index (κ3) is 2.38. The summed E-state index contributed by atoms with van der Waals surface area (Å²) in [5.41, 5.74) is 15.2. The predicted octanol–water partition coefficient (Wildman–Crippen LogP) is 2.59. The molecule has 3 N–H and O–H groups in total. The average molecular weight is 309 g/mol. The van der Waals surface area contributed by atoms with Crippen molar-refractivity contribution in [3.8, 4) is 11.5 Å². The van der Waals surface area contributed by atoms with Crippen molar-refractivity contribution in [3.05, 3.63) is 52.6 Å². The summed E-state index contributed by atoms with van der Waals surface area (Å²) in [6.45, 7) is 4.40. The van der Waals surface area contributed by atoms with E-state index in [4.69, 9.17) is 15.2 Å². The van der Waals surface area contributed by atoms with Crippen LogP contribution in [0.25, 0.3) is 0 Å². The van der Waals surface area contributed by atoms with Crippen molar-refractivity contribution in [2.24, 2.45) is 5.10 Å². The van der Waals surface area contributed by atoms with Crippen LogP contribution in [0.15, 0.2) is 35.4 Å². The molecule has 1 atom stereocenters. The van der Waals surface area contributed by atoms with E-state index in [0.717, 1.165) is 46.0 Å². The number of aryl methyl sites for hydroxylation is 1. The van der Waals surface area contributed by atoms with E-state index in [1.54, 1.807) is 0 Å². The van der Waals surface area contributed by atoms with Gasteiger partial charge in [0.15, 0.2) is 11.5 Å². The van der Waals surface area contributed by atoms with E-state index in [9.17, 15) is 0 Å². The highest BCUT2D eigenvalue weighted by atomic mass is 16.7. The fraction of sp³-hybridized carbons (Fsp3) is 0.278. The Labute approximate surface area is 135 Å². The smallest absolute Gasteiger partial charge is 0.231 e. The summed E-state index contributed by atoms with van der Waals surface area (Å²) in [5, 5.41) is 4.64. The van der Waals surface area contributed by atoms with Crippen molar-refractivity contribution in [1.29, 1.82) is 0 Å². The van der Waals surface area contributed by atoms with E-state index < -0.39 is 0 Å². The Balaban J connectivity index is 1.88. The predicted molar refractivity (Wildman–Crippen MR) is 90.1 cm³/mol. The molecule has 0 saturated heterocycles. The number of benzene rings is 2. The van der Waals surface area contributed by atoms with Gasteiger partial charge in [0.05, 0.1) is 5.71 Å². The molecule has 2 aliphatic rings. The first-order valence-corrected chi connectivity index (χ1v) is 7.74. The van der Waals surface area contributed by atoms with Crippen molar-refractivity contribution in [1.82, 2.24) is 5.43 Å². The fourth-order valence-corrected chi connectivity index (χ4v) is 3.03. The monoisotopic (exact) mass is 309 g/mol. The minimum absolute atomic E-state index is 0.251. The highest BCUT2D eigenvalue weighted by Gasteiger charge is 2.24. The summed E-state index contributed by atoms with van der Waals surface area (Å²) < 4.78 is 11.1. The van der Waals surface area contributed by atoms with Crippen LogP contribution in [0.2, 0.25) is 0 Å². The number of rotatable bonds is 1. The number of hydrogen-bond donors (Lipinski definition) is 2. The number of ether oxygens (including phenoxy) is 2. The lowest BCUT2D eigenvalue weighted by Crippen LogP contribution is -2.22. The van der Waals surface area contributed by atoms with Crippen molar-refractivity contribution in [2.75, 3.05) is 12.5 Å². The van der Waals surface area contributed by atoms with Crippen LogP contribution in [0, 0.1) is 6.92 Å². The summed E-state index contributed by atoms with van der Waals surface area (Å²) in [6, 6.07) is 10.4. The number of nitrogens with two attached hydrogens (primary N) is 1. The highest BCUT2D eigenvalue weighted by molar-refractivity contribution is 6.14. The van der Waals surface area contributed by atoms with E-state index >= 15 is 0 Å². The summed E-state index contributed by atoms with van der Waals surface area (Å²) in [6.07, 6.45) is 0.882. The molecule has 0 bridgehead atoms. The first-order chi connectivity index (χ1) is 11.1. The second kappa shape index (κ2) is 5.19. The van der Waals surface area contributed by atoms with E-state index in [2.05, 4.69) is 29.6 Å². The first-order valence-electron chi connectivity index (χ1n) is 7.74. The molecule has 5 nitrogen and oxygen atoms in total. The molecule has 118 valence electrons. The standard InChI is InChI=1S/C18H19N3O2/c1-10-5-12(3-4-15(10)19)18-14-8-17-16(22-9-23-17)7-13(14)6-11(2)20-21-18/h3-5,7-8,11,20H,6,9,19H2,1-2H3/t11-/m0/s1. The third-order valence-corrected chi connectivity index (χ3v) is 4.32. The molecule has 0 radical (unpaired) electrons. The van der Waals surface area contributed by atoms with E-state index in [-0.39, 0.29) is 12.8 Å². The van der Waals surface area contributed by atoms with Gasteiger partial charge in [-0.1, -0.05) is 6.07 Å². The molecular weight excluding hydrogens is 290 g/mol. The minimum Gasteiger partial charge on any atom is -0.454 e. The molecule has 0 aromatic heterocycles. The Hall–Kier alpha value is -2.69. The number of hydrogen-bond acceptors (Lipinski definition) is 5. The molecule has 4 rings (SSSR count). The summed E-state index contributed by atoms with van der Waals surface area (Å²) in [4.78, 5) is 0. The van der Waals surface area contributed by atoms with E-state index in [1.165, 1.54) is 5.56 Å². The Morgan fingerprint density at radius 2 is 1.96 bits per heavy atom. The van der Waals surface area contributed by atoms with Crippen LogP contribution < -0.4 is 20.6 Å². The molecule has 5 heteroatoms. The van der Waals surface area contributed by atoms with Crippen LogP contribution in [0.1, 0.15) is 29.2 Å². The largest absolute Gasteiger partial charge is 0.454 e. The van der Waals surface area contributed by atoms with Crippen molar-refractivity contribution >= 4 is 11.4 Å². The number of hydrazone groups is 1. The van der Waals surface area contributed by atoms with Crippen LogP contribution in [0.5, 0.6) is 11.5 Å². The van der Waals surface area contributed by atoms with Crippen LogP contribution in [0.3, 0.4) is 0 Å². The Kier molecular flexibility index (Phi) is 3.15. The van der Waals surface area contributed by atoms with Crippen molar-refractivity contribution < 1.29 is 9.47 Å². The normalized spacial score (nSPS) is 18.7. The van der Waals surface area contributed by atoms with E-state index in [1.807, 2.05) is 25.1 Å². The van der Waals surface area contributed by atoms with Gasteiger partial charge in [-0.25, -0.2) is 0 Å². The molecule has 2 heterocycles. The zero-order chi connectivity index (χ0) is 16.0. The first kappa shape index (κ1) is 13.9. The lowest BCUT2D eigenvalue weighted by Gasteiger charge is -2.12. The Morgan fingerprint density at radius 3 is 2.74 bits per heavy atom. The molecule has 2 aromatic carbocycles. The zero-order valence-corrected chi connectivity index (χ0v) is 13.2. The molecule has 2 aromatic rings. The van der Waals surface area contributed by atoms with Gasteiger partial charge in [-0.2, -0.15) is 5.10 Å². The topological polar surface area (TPSA) is 68.9 Å². The number of nitrogens with zero attached hydrogens (tertiary/aromatic N) is 1. The van der Waals surface area contributed by atoms with Gasteiger partial charge in [0.1, 0.15) is 0 Å². The van der Waals surface area contributed by atoms with Gasteiger partial charge >= 0.3 is 0 Å². The van der Waals surface area contributed by atoms with Crippen LogP contribution in [-0.2, 0) is 6.42 Å². The maximum atomic E-state index is 5.95. The number of fused-ring (bicyclic) bond motifs is 2. The molecule has 0 spiro atoms. The summed E-state index contributed by atoms with van der Waals surface area (Å²) in [7, 11) is 0. The molecule has 23 heavy (non-hydrogen) atoms. The maximum Gasteiger partial charge on any atom is 0.231 e. The minimum atomic E-state index is 0.251. The van der Waals surface area contributed by atoms with Crippen LogP contribution in [0.4, 0.5) is 5.69 Å².